The van der Waals surface area contributed by atoms with Gasteiger partial charge >= 0.3 is 6.18 Å². The van der Waals surface area contributed by atoms with E-state index < -0.39 is 19.2 Å². The van der Waals surface area contributed by atoms with Gasteiger partial charge in [-0.2, -0.15) is 13.2 Å². The van der Waals surface area contributed by atoms with Crippen molar-refractivity contribution in [2.45, 2.75) is 19.2 Å². The fourth-order valence-corrected chi connectivity index (χ4v) is 1.19. The predicted molar refractivity (Wildman–Crippen MR) is 52.4 cm³/mol. The second-order valence-electron chi connectivity index (χ2n) is 2.87. The maximum atomic E-state index is 11.8. The summed E-state index contributed by atoms with van der Waals surface area (Å²) >= 11 is 11.1. The maximum absolute atomic E-state index is 11.8. The largest absolute Gasteiger partial charge is 0.391 e. The standard InChI is InChI=1S/C8H7Cl2F3N2O/c9-6-5(3-14-7(10)15-6)4-16-2-1-8(11,12)13/h3H,1-2,4H2. The van der Waals surface area contributed by atoms with Crippen LogP contribution in [0.2, 0.25) is 10.4 Å². The molecule has 0 bridgehead atoms. The molecular formula is C8H7Cl2F3N2O. The van der Waals surface area contributed by atoms with E-state index in [1.807, 2.05) is 0 Å². The van der Waals surface area contributed by atoms with Crippen LogP contribution in [0.25, 0.3) is 0 Å². The fraction of sp³-hybridized carbons (Fsp3) is 0.500. The Kier molecular flexibility index (Phi) is 4.76. The lowest BCUT2D eigenvalue weighted by atomic mass is 10.4. The predicted octanol–water partition coefficient (Wildman–Crippen LogP) is 3.25. The van der Waals surface area contributed by atoms with Crippen molar-refractivity contribution in [1.29, 1.82) is 0 Å². The first-order chi connectivity index (χ1) is 7.38. The van der Waals surface area contributed by atoms with Crippen molar-refractivity contribution in [3.8, 4) is 0 Å². The number of halogens is 5. The van der Waals surface area contributed by atoms with Crippen LogP contribution in [0.1, 0.15) is 12.0 Å². The highest BCUT2D eigenvalue weighted by Gasteiger charge is 2.26. The number of ether oxygens (including phenoxy) is 1. The molecule has 1 aromatic rings. The fourth-order valence-electron chi connectivity index (χ4n) is 0.833. The van der Waals surface area contributed by atoms with Gasteiger partial charge < -0.3 is 4.74 Å². The summed E-state index contributed by atoms with van der Waals surface area (Å²) in [6.45, 7) is -0.505. The van der Waals surface area contributed by atoms with Crippen LogP contribution in [-0.4, -0.2) is 22.8 Å². The van der Waals surface area contributed by atoms with Crippen LogP contribution in [0.15, 0.2) is 6.20 Å². The Hall–Kier alpha value is -0.590. The Labute approximate surface area is 99.5 Å². The van der Waals surface area contributed by atoms with Gasteiger partial charge in [0, 0.05) is 11.8 Å². The first kappa shape index (κ1) is 13.5. The molecule has 16 heavy (non-hydrogen) atoms. The first-order valence-electron chi connectivity index (χ1n) is 4.20. The molecule has 0 radical (unpaired) electrons. The van der Waals surface area contributed by atoms with Crippen LogP contribution < -0.4 is 0 Å². The zero-order valence-corrected chi connectivity index (χ0v) is 9.40. The van der Waals surface area contributed by atoms with Gasteiger partial charge in [-0.1, -0.05) is 11.6 Å². The van der Waals surface area contributed by atoms with Crippen molar-refractivity contribution in [2.24, 2.45) is 0 Å². The van der Waals surface area contributed by atoms with E-state index in [-0.39, 0.29) is 17.0 Å². The molecule has 0 aliphatic rings. The van der Waals surface area contributed by atoms with E-state index in [0.717, 1.165) is 0 Å². The van der Waals surface area contributed by atoms with Crippen molar-refractivity contribution in [2.75, 3.05) is 6.61 Å². The van der Waals surface area contributed by atoms with Crippen molar-refractivity contribution < 1.29 is 17.9 Å². The van der Waals surface area contributed by atoms with Crippen LogP contribution in [0.5, 0.6) is 0 Å². The first-order valence-corrected chi connectivity index (χ1v) is 4.95. The Morgan fingerprint density at radius 3 is 2.56 bits per heavy atom. The smallest absolute Gasteiger partial charge is 0.376 e. The van der Waals surface area contributed by atoms with Gasteiger partial charge in [-0.25, -0.2) is 9.97 Å². The zero-order valence-electron chi connectivity index (χ0n) is 7.89. The van der Waals surface area contributed by atoms with Crippen LogP contribution in [0.3, 0.4) is 0 Å². The molecular weight excluding hydrogens is 268 g/mol. The molecule has 0 N–H and O–H groups in total. The molecule has 0 fully saturated rings. The normalized spacial score (nSPS) is 11.8. The van der Waals surface area contributed by atoms with E-state index in [1.54, 1.807) is 0 Å². The molecule has 0 aliphatic heterocycles. The van der Waals surface area contributed by atoms with Gasteiger partial charge in [0.15, 0.2) is 0 Å². The van der Waals surface area contributed by atoms with E-state index in [2.05, 4.69) is 9.97 Å². The van der Waals surface area contributed by atoms with Crippen molar-refractivity contribution in [3.05, 3.63) is 22.2 Å². The SMILES string of the molecule is FC(F)(F)CCOCc1cnc(Cl)nc1Cl. The summed E-state index contributed by atoms with van der Waals surface area (Å²) in [7, 11) is 0. The van der Waals surface area contributed by atoms with Gasteiger partial charge in [-0.15, -0.1) is 0 Å². The lowest BCUT2D eigenvalue weighted by molar-refractivity contribution is -0.146. The molecule has 1 heterocycles. The lowest BCUT2D eigenvalue weighted by Gasteiger charge is -2.07. The van der Waals surface area contributed by atoms with Gasteiger partial charge in [0.05, 0.1) is 19.6 Å². The molecule has 1 aromatic heterocycles. The van der Waals surface area contributed by atoms with Crippen LogP contribution in [-0.2, 0) is 11.3 Å². The molecule has 0 unspecified atom stereocenters. The van der Waals surface area contributed by atoms with Crippen LogP contribution in [0.4, 0.5) is 13.2 Å². The topological polar surface area (TPSA) is 35.0 Å². The lowest BCUT2D eigenvalue weighted by Crippen LogP contribution is -2.11. The van der Waals surface area contributed by atoms with E-state index in [9.17, 15) is 13.2 Å². The summed E-state index contributed by atoms with van der Waals surface area (Å²) in [5, 5.41) is 0.0519. The van der Waals surface area contributed by atoms with Crippen LogP contribution in [0, 0.1) is 0 Å². The monoisotopic (exact) mass is 274 g/mol. The van der Waals surface area contributed by atoms with E-state index in [4.69, 9.17) is 27.9 Å². The number of nitrogens with zero attached hydrogens (tertiary/aromatic N) is 2. The summed E-state index contributed by atoms with van der Waals surface area (Å²) in [4.78, 5) is 7.25. The van der Waals surface area contributed by atoms with Gasteiger partial charge in [0.2, 0.25) is 5.28 Å². The molecule has 0 saturated heterocycles. The van der Waals surface area contributed by atoms with Crippen molar-refractivity contribution in [1.82, 2.24) is 9.97 Å². The highest BCUT2D eigenvalue weighted by atomic mass is 35.5. The molecule has 0 spiro atoms. The highest BCUT2D eigenvalue weighted by Crippen LogP contribution is 2.20. The number of aromatic nitrogens is 2. The second kappa shape index (κ2) is 5.65. The molecule has 90 valence electrons. The molecule has 3 nitrogen and oxygen atoms in total. The maximum Gasteiger partial charge on any atom is 0.391 e. The minimum atomic E-state index is -4.22. The van der Waals surface area contributed by atoms with Crippen molar-refractivity contribution >= 4 is 23.2 Å². The second-order valence-corrected chi connectivity index (χ2v) is 3.57. The average Bonchev–Trinajstić information content (AvgIpc) is 2.13. The molecule has 8 heteroatoms. The Morgan fingerprint density at radius 1 is 1.31 bits per heavy atom. The molecule has 0 aromatic carbocycles. The number of hydrogen-bond acceptors (Lipinski definition) is 3. The van der Waals surface area contributed by atoms with Gasteiger partial charge in [-0.05, 0) is 11.6 Å². The number of alkyl halides is 3. The summed E-state index contributed by atoms with van der Waals surface area (Å²) in [5.41, 5.74) is 0.397. The van der Waals surface area contributed by atoms with E-state index >= 15 is 0 Å². The Bertz CT molecular complexity index is 360. The summed E-state index contributed by atoms with van der Waals surface area (Å²) in [6.07, 6.45) is -3.91. The third-order valence-corrected chi connectivity index (χ3v) is 2.08. The van der Waals surface area contributed by atoms with E-state index in [1.165, 1.54) is 6.20 Å². The quantitative estimate of drug-likeness (QED) is 0.480. The summed E-state index contributed by atoms with van der Waals surface area (Å²) in [6, 6.07) is 0. The Balaban J connectivity index is 2.38. The van der Waals surface area contributed by atoms with Gasteiger partial charge in [-0.3, -0.25) is 0 Å². The Morgan fingerprint density at radius 2 is 2.00 bits per heavy atom. The van der Waals surface area contributed by atoms with Gasteiger partial charge in [0.25, 0.3) is 0 Å². The summed E-state index contributed by atoms with van der Waals surface area (Å²) in [5.74, 6) is 0. The molecule has 0 amide bonds. The summed E-state index contributed by atoms with van der Waals surface area (Å²) < 4.78 is 40.1. The van der Waals surface area contributed by atoms with Crippen molar-refractivity contribution in [3.63, 3.8) is 0 Å². The third-order valence-electron chi connectivity index (χ3n) is 1.57. The minimum absolute atomic E-state index is 0.0240. The number of hydrogen-bond donors (Lipinski definition) is 0. The zero-order chi connectivity index (χ0) is 12.2. The van der Waals surface area contributed by atoms with Gasteiger partial charge in [0.1, 0.15) is 5.15 Å². The highest BCUT2D eigenvalue weighted by molar-refractivity contribution is 6.32. The number of rotatable bonds is 4. The van der Waals surface area contributed by atoms with Crippen LogP contribution >= 0.6 is 23.2 Å². The average molecular weight is 275 g/mol. The molecule has 0 aliphatic carbocycles. The molecule has 0 saturated carbocycles. The molecule has 1 rings (SSSR count). The minimum Gasteiger partial charge on any atom is -0.376 e. The molecule has 0 atom stereocenters. The third kappa shape index (κ3) is 4.96. The van der Waals surface area contributed by atoms with E-state index in [0.29, 0.717) is 5.56 Å².